The average Bonchev–Trinajstić information content (AvgIpc) is 2.38. The second-order valence-electron chi connectivity index (χ2n) is 4.51. The van der Waals surface area contributed by atoms with E-state index in [0.717, 1.165) is 6.20 Å². The van der Waals surface area contributed by atoms with Gasteiger partial charge in [-0.1, -0.05) is 0 Å². The highest BCUT2D eigenvalue weighted by Gasteiger charge is 2.15. The number of hydrogen-bond donors (Lipinski definition) is 3. The molecule has 1 atom stereocenters. The Morgan fingerprint density at radius 3 is 2.70 bits per heavy atom. The highest BCUT2D eigenvalue weighted by Crippen LogP contribution is 2.27. The van der Waals surface area contributed by atoms with Gasteiger partial charge in [-0.15, -0.1) is 0 Å². The molecular weight excluding hydrogens is 262 g/mol. The minimum Gasteiger partial charge on any atom is -0.595 e. The number of nitrogens with one attached hydrogen (secondary N) is 2. The van der Waals surface area contributed by atoms with Crippen LogP contribution in [0.2, 0.25) is 0 Å². The number of H-pyrrole nitrogens is 1. The summed E-state index contributed by atoms with van der Waals surface area (Å²) in [6.07, 6.45) is 0.957. The van der Waals surface area contributed by atoms with Crippen molar-refractivity contribution in [3.63, 3.8) is 0 Å². The molecule has 0 amide bonds. The van der Waals surface area contributed by atoms with Crippen LogP contribution in [0.5, 0.6) is 5.75 Å². The Kier molecular flexibility index (Phi) is 3.72. The second kappa shape index (κ2) is 5.30. The van der Waals surface area contributed by atoms with Crippen LogP contribution >= 0.6 is 0 Å². The Balaban J connectivity index is 2.80. The molecule has 1 aromatic heterocycles. The Labute approximate surface area is 114 Å². The van der Waals surface area contributed by atoms with Crippen LogP contribution in [0.4, 0.5) is 5.69 Å². The molecule has 0 aliphatic carbocycles. The zero-order chi connectivity index (χ0) is 14.9. The van der Waals surface area contributed by atoms with Gasteiger partial charge in [0, 0.05) is 0 Å². The number of rotatable bonds is 3. The molecule has 1 heterocycles. The van der Waals surface area contributed by atoms with Gasteiger partial charge in [0.1, 0.15) is 11.8 Å². The van der Waals surface area contributed by atoms with Crippen molar-refractivity contribution in [2.75, 3.05) is 0 Å². The van der Waals surface area contributed by atoms with Crippen molar-refractivity contribution in [2.45, 2.75) is 20.0 Å². The van der Waals surface area contributed by atoms with E-state index in [-0.39, 0.29) is 33.9 Å². The fraction of sp³-hybridized carbons (Fsp3) is 0.231. The van der Waals surface area contributed by atoms with Gasteiger partial charge in [-0.2, -0.15) is 10.5 Å². The number of nitriles is 1. The van der Waals surface area contributed by atoms with Gasteiger partial charge in [0.05, 0.1) is 28.6 Å². The number of fused-ring (bicyclic) bond motifs is 1. The number of quaternary nitrogens is 1. The van der Waals surface area contributed by atoms with E-state index in [9.17, 15) is 10.0 Å². The quantitative estimate of drug-likeness (QED) is 0.709. The summed E-state index contributed by atoms with van der Waals surface area (Å²) in [6, 6.07) is 4.72. The summed E-state index contributed by atoms with van der Waals surface area (Å²) in [7, 11) is 0. The largest absolute Gasteiger partial charge is 0.595 e. The highest BCUT2D eigenvalue weighted by molar-refractivity contribution is 5.92. The molecule has 7 nitrogen and oxygen atoms in total. The van der Waals surface area contributed by atoms with E-state index in [0.29, 0.717) is 0 Å². The number of aromatic nitrogens is 1. The lowest BCUT2D eigenvalue weighted by Crippen LogP contribution is -2.99. The first kappa shape index (κ1) is 14.0. The summed E-state index contributed by atoms with van der Waals surface area (Å²) in [5.74, 6) is 0.267. The van der Waals surface area contributed by atoms with Crippen LogP contribution in [0, 0.1) is 16.5 Å². The van der Waals surface area contributed by atoms with Gasteiger partial charge in [-0.25, -0.2) is 5.21 Å². The fourth-order valence-electron chi connectivity index (χ4n) is 1.90. The van der Waals surface area contributed by atoms with Crippen molar-refractivity contribution >= 4 is 16.5 Å². The Bertz CT molecular complexity index is 744. The van der Waals surface area contributed by atoms with Crippen LogP contribution < -0.4 is 15.5 Å². The summed E-state index contributed by atoms with van der Waals surface area (Å²) < 4.78 is 5.48. The number of pyridine rings is 1. The van der Waals surface area contributed by atoms with Gasteiger partial charge in [0.25, 0.3) is 5.56 Å². The summed E-state index contributed by atoms with van der Waals surface area (Å²) in [6.45, 7) is 3.59. The van der Waals surface area contributed by atoms with Crippen molar-refractivity contribution < 1.29 is 15.2 Å². The van der Waals surface area contributed by atoms with Gasteiger partial charge in [-0.3, -0.25) is 4.79 Å². The number of nitrogens with zero attached hydrogens (tertiary/aromatic N) is 1. The third kappa shape index (κ3) is 2.48. The molecular formula is C13H13N3O4. The van der Waals surface area contributed by atoms with Gasteiger partial charge in [0.2, 0.25) is 0 Å². The predicted octanol–water partition coefficient (Wildman–Crippen LogP) is 0.590. The maximum absolute atomic E-state index is 11.8. The topological polar surface area (TPSA) is 114 Å². The molecule has 0 fully saturated rings. The molecule has 1 aromatic carbocycles. The van der Waals surface area contributed by atoms with Crippen molar-refractivity contribution in [1.29, 1.82) is 5.26 Å². The molecule has 104 valence electrons. The number of benzene rings is 1. The molecule has 0 radical (unpaired) electrons. The van der Waals surface area contributed by atoms with Crippen molar-refractivity contribution in [3.8, 4) is 11.8 Å². The van der Waals surface area contributed by atoms with Crippen molar-refractivity contribution in [1.82, 2.24) is 4.98 Å². The normalized spacial score (nSPS) is 12.4. The lowest BCUT2D eigenvalue weighted by Gasteiger charge is -2.15. The smallest absolute Gasteiger partial charge is 0.256 e. The van der Waals surface area contributed by atoms with Crippen molar-refractivity contribution in [2.24, 2.45) is 0 Å². The number of hydrogen-bond acceptors (Lipinski definition) is 5. The average molecular weight is 275 g/mol. The van der Waals surface area contributed by atoms with Crippen molar-refractivity contribution in [3.05, 3.63) is 39.5 Å². The van der Waals surface area contributed by atoms with Gasteiger partial charge < -0.3 is 14.9 Å². The molecule has 0 aliphatic rings. The Morgan fingerprint density at radius 2 is 2.15 bits per heavy atom. The minimum atomic E-state index is -1.17. The molecule has 0 bridgehead atoms. The summed E-state index contributed by atoms with van der Waals surface area (Å²) in [5.41, 5.74) is -0.297. The minimum absolute atomic E-state index is 0.0628. The fourth-order valence-corrected chi connectivity index (χ4v) is 1.90. The van der Waals surface area contributed by atoms with Crippen LogP contribution in [-0.4, -0.2) is 16.3 Å². The second-order valence-corrected chi connectivity index (χ2v) is 4.51. The SMILES string of the molecule is CC(C)Oc1cc2c(=O)[nH]cc([NH+]([O-])O)c2cc1C#N. The van der Waals surface area contributed by atoms with Crippen LogP contribution in [-0.2, 0) is 0 Å². The van der Waals surface area contributed by atoms with E-state index in [1.807, 2.05) is 6.07 Å². The molecule has 0 saturated heterocycles. The zero-order valence-electron chi connectivity index (χ0n) is 10.9. The standard InChI is InChI=1S/C13H13N3O4/c1-7(2)20-12-4-10-9(3-8(12)5-14)11(16(18)19)6-15-13(10)17/h3-4,6-7,16,18H,1-2H3,(H,15,17). The third-order valence-corrected chi connectivity index (χ3v) is 2.72. The predicted molar refractivity (Wildman–Crippen MR) is 70.8 cm³/mol. The van der Waals surface area contributed by atoms with Crippen LogP contribution in [0.25, 0.3) is 10.8 Å². The van der Waals surface area contributed by atoms with E-state index >= 15 is 0 Å². The molecule has 2 aromatic rings. The van der Waals surface area contributed by atoms with E-state index < -0.39 is 10.8 Å². The van der Waals surface area contributed by atoms with E-state index in [1.165, 1.54) is 12.1 Å². The van der Waals surface area contributed by atoms with Crippen LogP contribution in [0.15, 0.2) is 23.1 Å². The molecule has 3 N–H and O–H groups in total. The molecule has 20 heavy (non-hydrogen) atoms. The zero-order valence-corrected chi connectivity index (χ0v) is 10.9. The summed E-state index contributed by atoms with van der Waals surface area (Å²) >= 11 is 0. The maximum atomic E-state index is 11.8. The van der Waals surface area contributed by atoms with E-state index in [1.54, 1.807) is 13.8 Å². The molecule has 0 spiro atoms. The molecule has 1 unspecified atom stereocenters. The lowest BCUT2D eigenvalue weighted by molar-refractivity contribution is -0.990. The first-order valence-corrected chi connectivity index (χ1v) is 5.93. The lowest BCUT2D eigenvalue weighted by atomic mass is 10.1. The van der Waals surface area contributed by atoms with Gasteiger partial charge in [-0.05, 0) is 26.0 Å². The molecule has 0 saturated carbocycles. The number of aromatic amines is 1. The van der Waals surface area contributed by atoms with Gasteiger partial charge >= 0.3 is 0 Å². The third-order valence-electron chi connectivity index (χ3n) is 2.72. The Morgan fingerprint density at radius 1 is 1.45 bits per heavy atom. The van der Waals surface area contributed by atoms with E-state index in [4.69, 9.17) is 15.2 Å². The molecule has 2 rings (SSSR count). The maximum Gasteiger partial charge on any atom is 0.256 e. The first-order chi connectivity index (χ1) is 9.43. The van der Waals surface area contributed by atoms with Gasteiger partial charge in [0.15, 0.2) is 5.69 Å². The highest BCUT2D eigenvalue weighted by atomic mass is 16.8. The van der Waals surface area contributed by atoms with Crippen LogP contribution in [0.1, 0.15) is 19.4 Å². The first-order valence-electron chi connectivity index (χ1n) is 5.93. The Hall–Kier alpha value is -2.40. The molecule has 7 heteroatoms. The van der Waals surface area contributed by atoms with E-state index in [2.05, 4.69) is 4.98 Å². The summed E-state index contributed by atoms with van der Waals surface area (Å²) in [5, 5.41) is 28.6. The number of ether oxygens (including phenoxy) is 1. The molecule has 0 aliphatic heterocycles. The van der Waals surface area contributed by atoms with Crippen LogP contribution in [0.3, 0.4) is 0 Å². The summed E-state index contributed by atoms with van der Waals surface area (Å²) in [4.78, 5) is 14.2. The monoisotopic (exact) mass is 275 g/mol.